The molecule has 6 nitrogen and oxygen atoms in total. The SMILES string of the molecule is Cc1cc(S(=O)(=O)NCc2ccc3[nH]c(=O)[nH]c3c2)ccc1F. The van der Waals surface area contributed by atoms with Crippen LogP contribution in [-0.2, 0) is 16.6 Å². The molecule has 23 heavy (non-hydrogen) atoms. The van der Waals surface area contributed by atoms with Gasteiger partial charge in [-0.25, -0.2) is 22.3 Å². The van der Waals surface area contributed by atoms with Gasteiger partial charge in [0, 0.05) is 6.54 Å². The van der Waals surface area contributed by atoms with E-state index in [1.165, 1.54) is 19.1 Å². The summed E-state index contributed by atoms with van der Waals surface area (Å²) >= 11 is 0. The zero-order chi connectivity index (χ0) is 16.6. The lowest BCUT2D eigenvalue weighted by atomic mass is 10.2. The molecule has 3 N–H and O–H groups in total. The Bertz CT molecular complexity index is 1040. The molecule has 3 rings (SSSR count). The van der Waals surface area contributed by atoms with Crippen LogP contribution in [0.15, 0.2) is 46.1 Å². The normalized spacial score (nSPS) is 11.9. The quantitative estimate of drug-likeness (QED) is 0.678. The maximum atomic E-state index is 13.2. The number of benzene rings is 2. The highest BCUT2D eigenvalue weighted by Crippen LogP contribution is 2.15. The molecule has 120 valence electrons. The Labute approximate surface area is 131 Å². The molecule has 0 saturated heterocycles. The number of fused-ring (bicyclic) bond motifs is 1. The molecule has 1 aromatic heterocycles. The molecule has 8 heteroatoms. The van der Waals surface area contributed by atoms with Gasteiger partial charge in [0.1, 0.15) is 5.82 Å². The van der Waals surface area contributed by atoms with Crippen molar-refractivity contribution >= 4 is 21.1 Å². The van der Waals surface area contributed by atoms with E-state index in [1.807, 2.05) is 0 Å². The summed E-state index contributed by atoms with van der Waals surface area (Å²) in [4.78, 5) is 16.4. The highest BCUT2D eigenvalue weighted by Gasteiger charge is 2.15. The summed E-state index contributed by atoms with van der Waals surface area (Å²) < 4.78 is 40.2. The molecule has 2 aromatic carbocycles. The molecule has 0 fully saturated rings. The van der Waals surface area contributed by atoms with Gasteiger partial charge in [-0.15, -0.1) is 0 Å². The minimum Gasteiger partial charge on any atom is -0.306 e. The summed E-state index contributed by atoms with van der Waals surface area (Å²) in [5, 5.41) is 0. The molecular weight excluding hydrogens is 321 g/mol. The lowest BCUT2D eigenvalue weighted by molar-refractivity contribution is 0.579. The maximum absolute atomic E-state index is 13.2. The summed E-state index contributed by atoms with van der Waals surface area (Å²) in [6.07, 6.45) is 0. The van der Waals surface area contributed by atoms with Crippen molar-refractivity contribution in [3.8, 4) is 0 Å². The summed E-state index contributed by atoms with van der Waals surface area (Å²) in [7, 11) is -3.74. The van der Waals surface area contributed by atoms with Crippen LogP contribution in [0.3, 0.4) is 0 Å². The van der Waals surface area contributed by atoms with E-state index < -0.39 is 15.8 Å². The Morgan fingerprint density at radius 1 is 1.09 bits per heavy atom. The second kappa shape index (κ2) is 5.64. The van der Waals surface area contributed by atoms with Crippen molar-refractivity contribution in [2.45, 2.75) is 18.4 Å². The van der Waals surface area contributed by atoms with E-state index in [-0.39, 0.29) is 22.7 Å². The highest BCUT2D eigenvalue weighted by molar-refractivity contribution is 7.89. The number of hydrogen-bond acceptors (Lipinski definition) is 3. The molecule has 0 aliphatic carbocycles. The van der Waals surface area contributed by atoms with Crippen LogP contribution in [0.25, 0.3) is 11.0 Å². The van der Waals surface area contributed by atoms with E-state index in [0.717, 1.165) is 6.07 Å². The van der Waals surface area contributed by atoms with Crippen molar-refractivity contribution in [1.82, 2.24) is 14.7 Å². The van der Waals surface area contributed by atoms with E-state index in [0.29, 0.717) is 16.6 Å². The first-order valence-electron chi connectivity index (χ1n) is 6.82. The predicted octanol–water partition coefficient (Wildman–Crippen LogP) is 1.78. The highest BCUT2D eigenvalue weighted by atomic mass is 32.2. The van der Waals surface area contributed by atoms with Crippen molar-refractivity contribution in [2.75, 3.05) is 0 Å². The van der Waals surface area contributed by atoms with E-state index >= 15 is 0 Å². The minimum atomic E-state index is -3.74. The Kier molecular flexibility index (Phi) is 3.78. The fourth-order valence-electron chi connectivity index (χ4n) is 2.24. The molecule has 0 unspecified atom stereocenters. The minimum absolute atomic E-state index is 0.00697. The first-order valence-corrected chi connectivity index (χ1v) is 8.30. The van der Waals surface area contributed by atoms with Gasteiger partial charge < -0.3 is 9.97 Å². The van der Waals surface area contributed by atoms with Crippen molar-refractivity contribution in [3.05, 3.63) is 63.8 Å². The summed E-state index contributed by atoms with van der Waals surface area (Å²) in [6, 6.07) is 8.72. The average Bonchev–Trinajstić information content (AvgIpc) is 2.87. The van der Waals surface area contributed by atoms with Crippen LogP contribution >= 0.6 is 0 Å². The van der Waals surface area contributed by atoms with E-state index in [1.54, 1.807) is 18.2 Å². The van der Waals surface area contributed by atoms with Crippen LogP contribution in [0.1, 0.15) is 11.1 Å². The third-order valence-electron chi connectivity index (χ3n) is 3.49. The number of aromatic amines is 2. The van der Waals surface area contributed by atoms with Crippen LogP contribution in [0.2, 0.25) is 0 Å². The third-order valence-corrected chi connectivity index (χ3v) is 4.89. The number of halogens is 1. The number of H-pyrrole nitrogens is 2. The summed E-state index contributed by atoms with van der Waals surface area (Å²) in [5.41, 5.74) is 1.88. The lowest BCUT2D eigenvalue weighted by Crippen LogP contribution is -2.23. The van der Waals surface area contributed by atoms with E-state index in [9.17, 15) is 17.6 Å². The number of nitrogens with one attached hydrogen (secondary N) is 3. The van der Waals surface area contributed by atoms with Crippen LogP contribution in [0, 0.1) is 12.7 Å². The smallest absolute Gasteiger partial charge is 0.306 e. The topological polar surface area (TPSA) is 94.8 Å². The van der Waals surface area contributed by atoms with Gasteiger partial charge in [0.05, 0.1) is 15.9 Å². The van der Waals surface area contributed by atoms with Gasteiger partial charge in [-0.05, 0) is 48.4 Å². The molecule has 0 aliphatic rings. The van der Waals surface area contributed by atoms with Crippen molar-refractivity contribution in [2.24, 2.45) is 0 Å². The van der Waals surface area contributed by atoms with Crippen LogP contribution in [0.5, 0.6) is 0 Å². The molecule has 0 radical (unpaired) electrons. The van der Waals surface area contributed by atoms with Crippen molar-refractivity contribution in [3.63, 3.8) is 0 Å². The monoisotopic (exact) mass is 335 g/mol. The number of sulfonamides is 1. The van der Waals surface area contributed by atoms with Gasteiger partial charge in [-0.2, -0.15) is 0 Å². The lowest BCUT2D eigenvalue weighted by Gasteiger charge is -2.08. The van der Waals surface area contributed by atoms with Crippen molar-refractivity contribution in [1.29, 1.82) is 0 Å². The molecule has 0 bridgehead atoms. The number of aromatic nitrogens is 2. The standard InChI is InChI=1S/C15H14FN3O3S/c1-9-6-11(3-4-12(9)16)23(21,22)17-8-10-2-5-13-14(7-10)19-15(20)18-13/h2-7,17H,8H2,1H3,(H2,18,19,20). The second-order valence-electron chi connectivity index (χ2n) is 5.19. The van der Waals surface area contributed by atoms with E-state index in [2.05, 4.69) is 14.7 Å². The zero-order valence-corrected chi connectivity index (χ0v) is 13.0. The van der Waals surface area contributed by atoms with Gasteiger partial charge in [0.15, 0.2) is 0 Å². The summed E-state index contributed by atoms with van der Waals surface area (Å²) in [6.45, 7) is 1.56. The molecule has 0 amide bonds. The van der Waals surface area contributed by atoms with Gasteiger partial charge >= 0.3 is 5.69 Å². The number of hydrogen-bond donors (Lipinski definition) is 3. The molecule has 0 atom stereocenters. The average molecular weight is 335 g/mol. The maximum Gasteiger partial charge on any atom is 0.323 e. The number of aryl methyl sites for hydroxylation is 1. The van der Waals surface area contributed by atoms with Gasteiger partial charge in [-0.1, -0.05) is 6.07 Å². The first-order chi connectivity index (χ1) is 10.8. The summed E-state index contributed by atoms with van der Waals surface area (Å²) in [5.74, 6) is -0.453. The Morgan fingerprint density at radius 3 is 2.57 bits per heavy atom. The largest absolute Gasteiger partial charge is 0.323 e. The zero-order valence-electron chi connectivity index (χ0n) is 12.2. The predicted molar refractivity (Wildman–Crippen MR) is 84.1 cm³/mol. The Hall–Kier alpha value is -2.45. The fourth-order valence-corrected chi connectivity index (χ4v) is 3.34. The van der Waals surface area contributed by atoms with Gasteiger partial charge in [0.25, 0.3) is 0 Å². The molecular formula is C15H14FN3O3S. The molecule has 0 saturated carbocycles. The van der Waals surface area contributed by atoms with Gasteiger partial charge in [0.2, 0.25) is 10.0 Å². The molecule has 0 spiro atoms. The van der Waals surface area contributed by atoms with Crippen LogP contribution < -0.4 is 10.4 Å². The number of rotatable bonds is 4. The second-order valence-corrected chi connectivity index (χ2v) is 6.96. The Morgan fingerprint density at radius 2 is 1.83 bits per heavy atom. The fraction of sp³-hybridized carbons (Fsp3) is 0.133. The molecule has 3 aromatic rings. The molecule has 0 aliphatic heterocycles. The van der Waals surface area contributed by atoms with Crippen LogP contribution in [-0.4, -0.2) is 18.4 Å². The van der Waals surface area contributed by atoms with Gasteiger partial charge in [-0.3, -0.25) is 0 Å². The van der Waals surface area contributed by atoms with E-state index in [4.69, 9.17) is 0 Å². The third kappa shape index (κ3) is 3.17. The molecule has 1 heterocycles. The van der Waals surface area contributed by atoms with Crippen molar-refractivity contribution < 1.29 is 12.8 Å². The number of imidazole rings is 1. The Balaban J connectivity index is 1.82. The first kappa shape index (κ1) is 15.4. The van der Waals surface area contributed by atoms with Crippen LogP contribution in [0.4, 0.5) is 4.39 Å².